The summed E-state index contributed by atoms with van der Waals surface area (Å²) in [6, 6.07) is 1.33. The lowest BCUT2D eigenvalue weighted by atomic mass is 9.94. The van der Waals surface area contributed by atoms with Gasteiger partial charge in [-0.15, -0.1) is 0 Å². The van der Waals surface area contributed by atoms with Gasteiger partial charge in [-0.05, 0) is 39.0 Å². The Hall–Kier alpha value is -0.0800. The molecule has 1 aliphatic rings. The topological polar surface area (TPSA) is 32.3 Å². The molecule has 0 aromatic heterocycles. The molecule has 1 rings (SSSR count). The predicted molar refractivity (Wildman–Crippen MR) is 65.0 cm³/mol. The molecule has 0 spiro atoms. The van der Waals surface area contributed by atoms with Gasteiger partial charge in [0.1, 0.15) is 0 Å². The summed E-state index contributed by atoms with van der Waals surface area (Å²) in [6.07, 6.45) is 9.36. The standard InChI is InChI=1S/C13H27NO/c1-3-4-8-13(15)10-9-12-7-5-6-11(2)14-12/h11-15H,3-10H2,1-2H3/t11-,12+,13?/m1/s1. The molecule has 0 saturated carbocycles. The Morgan fingerprint density at radius 3 is 2.80 bits per heavy atom. The number of unbranched alkanes of at least 4 members (excludes halogenated alkanes) is 1. The van der Waals surface area contributed by atoms with Crippen molar-refractivity contribution in [2.24, 2.45) is 0 Å². The van der Waals surface area contributed by atoms with E-state index in [9.17, 15) is 5.11 Å². The highest BCUT2D eigenvalue weighted by atomic mass is 16.3. The monoisotopic (exact) mass is 213 g/mol. The van der Waals surface area contributed by atoms with Crippen molar-refractivity contribution < 1.29 is 5.11 Å². The van der Waals surface area contributed by atoms with E-state index < -0.39 is 0 Å². The summed E-state index contributed by atoms with van der Waals surface area (Å²) in [5, 5.41) is 13.4. The summed E-state index contributed by atoms with van der Waals surface area (Å²) in [7, 11) is 0. The van der Waals surface area contributed by atoms with E-state index in [4.69, 9.17) is 0 Å². The lowest BCUT2D eigenvalue weighted by Crippen LogP contribution is -2.40. The quantitative estimate of drug-likeness (QED) is 0.711. The zero-order chi connectivity index (χ0) is 11.1. The molecule has 90 valence electrons. The molecule has 0 amide bonds. The minimum Gasteiger partial charge on any atom is -0.393 e. The van der Waals surface area contributed by atoms with Gasteiger partial charge in [-0.25, -0.2) is 0 Å². The lowest BCUT2D eigenvalue weighted by Gasteiger charge is -2.29. The number of rotatable bonds is 6. The van der Waals surface area contributed by atoms with E-state index in [1.807, 2.05) is 0 Å². The van der Waals surface area contributed by atoms with Crippen LogP contribution in [0.3, 0.4) is 0 Å². The van der Waals surface area contributed by atoms with Gasteiger partial charge in [0.15, 0.2) is 0 Å². The molecule has 2 heteroatoms. The van der Waals surface area contributed by atoms with E-state index in [0.717, 1.165) is 25.7 Å². The molecule has 1 heterocycles. The second-order valence-electron chi connectivity index (χ2n) is 5.07. The molecular formula is C13H27NO. The van der Waals surface area contributed by atoms with Gasteiger partial charge in [-0.3, -0.25) is 0 Å². The van der Waals surface area contributed by atoms with E-state index in [1.165, 1.54) is 25.7 Å². The van der Waals surface area contributed by atoms with E-state index >= 15 is 0 Å². The maximum Gasteiger partial charge on any atom is 0.0540 e. The van der Waals surface area contributed by atoms with Crippen LogP contribution in [0.5, 0.6) is 0 Å². The van der Waals surface area contributed by atoms with Crippen LogP contribution >= 0.6 is 0 Å². The van der Waals surface area contributed by atoms with Crippen molar-refractivity contribution in [1.82, 2.24) is 5.32 Å². The molecule has 0 aromatic rings. The lowest BCUT2D eigenvalue weighted by molar-refractivity contribution is 0.140. The van der Waals surface area contributed by atoms with Crippen LogP contribution in [0, 0.1) is 0 Å². The van der Waals surface area contributed by atoms with Crippen LogP contribution < -0.4 is 5.32 Å². The van der Waals surface area contributed by atoms with Crippen molar-refractivity contribution in [1.29, 1.82) is 0 Å². The highest BCUT2D eigenvalue weighted by Gasteiger charge is 2.18. The van der Waals surface area contributed by atoms with Crippen LogP contribution in [-0.2, 0) is 0 Å². The fourth-order valence-corrected chi connectivity index (χ4v) is 2.44. The highest BCUT2D eigenvalue weighted by molar-refractivity contribution is 4.78. The van der Waals surface area contributed by atoms with Gasteiger partial charge in [0.05, 0.1) is 6.10 Å². The van der Waals surface area contributed by atoms with E-state index in [0.29, 0.717) is 12.1 Å². The van der Waals surface area contributed by atoms with Gasteiger partial charge in [0.2, 0.25) is 0 Å². The van der Waals surface area contributed by atoms with Crippen LogP contribution in [0.15, 0.2) is 0 Å². The first-order valence-electron chi connectivity index (χ1n) is 6.66. The van der Waals surface area contributed by atoms with Crippen LogP contribution in [0.4, 0.5) is 0 Å². The van der Waals surface area contributed by atoms with Gasteiger partial charge >= 0.3 is 0 Å². The summed E-state index contributed by atoms with van der Waals surface area (Å²) in [5.41, 5.74) is 0. The molecule has 1 fully saturated rings. The number of piperidine rings is 1. The van der Waals surface area contributed by atoms with Crippen molar-refractivity contribution in [2.75, 3.05) is 0 Å². The molecule has 2 N–H and O–H groups in total. The molecule has 0 aromatic carbocycles. The molecule has 1 aliphatic heterocycles. The molecule has 2 nitrogen and oxygen atoms in total. The van der Waals surface area contributed by atoms with E-state index in [-0.39, 0.29) is 6.10 Å². The average molecular weight is 213 g/mol. The average Bonchev–Trinajstić information content (AvgIpc) is 2.23. The SMILES string of the molecule is CCCCC(O)CC[C@@H]1CCC[C@@H](C)N1. The largest absolute Gasteiger partial charge is 0.393 e. The molecule has 1 saturated heterocycles. The predicted octanol–water partition coefficient (Wildman–Crippen LogP) is 2.85. The summed E-state index contributed by atoms with van der Waals surface area (Å²) >= 11 is 0. The first-order valence-corrected chi connectivity index (χ1v) is 6.66. The van der Waals surface area contributed by atoms with E-state index in [1.54, 1.807) is 0 Å². The molecule has 0 aliphatic carbocycles. The van der Waals surface area contributed by atoms with Crippen LogP contribution in [0.1, 0.15) is 65.2 Å². The van der Waals surface area contributed by atoms with Crippen molar-refractivity contribution in [3.05, 3.63) is 0 Å². The molecule has 1 unspecified atom stereocenters. The van der Waals surface area contributed by atoms with Gasteiger partial charge < -0.3 is 10.4 Å². The molecular weight excluding hydrogens is 186 g/mol. The molecule has 3 atom stereocenters. The maximum absolute atomic E-state index is 9.75. The zero-order valence-corrected chi connectivity index (χ0v) is 10.3. The molecule has 0 bridgehead atoms. The number of aliphatic hydroxyl groups is 1. The third-order valence-electron chi connectivity index (χ3n) is 3.45. The summed E-state index contributed by atoms with van der Waals surface area (Å²) in [4.78, 5) is 0. The third-order valence-corrected chi connectivity index (χ3v) is 3.45. The fourth-order valence-electron chi connectivity index (χ4n) is 2.44. The Morgan fingerprint density at radius 1 is 1.33 bits per heavy atom. The second-order valence-corrected chi connectivity index (χ2v) is 5.07. The smallest absolute Gasteiger partial charge is 0.0540 e. The van der Waals surface area contributed by atoms with Crippen molar-refractivity contribution in [2.45, 2.75) is 83.4 Å². The zero-order valence-electron chi connectivity index (χ0n) is 10.3. The molecule has 0 radical (unpaired) electrons. The minimum absolute atomic E-state index is 0.0658. The first kappa shape index (κ1) is 13.0. The fraction of sp³-hybridized carbons (Fsp3) is 1.00. The van der Waals surface area contributed by atoms with Crippen LogP contribution in [-0.4, -0.2) is 23.3 Å². The third kappa shape index (κ3) is 5.53. The van der Waals surface area contributed by atoms with Crippen LogP contribution in [0.25, 0.3) is 0 Å². The highest BCUT2D eigenvalue weighted by Crippen LogP contribution is 2.17. The van der Waals surface area contributed by atoms with Crippen molar-refractivity contribution >= 4 is 0 Å². The number of nitrogens with one attached hydrogen (secondary N) is 1. The maximum atomic E-state index is 9.75. The van der Waals surface area contributed by atoms with Crippen LogP contribution in [0.2, 0.25) is 0 Å². The Balaban J connectivity index is 2.07. The number of aliphatic hydroxyl groups excluding tert-OH is 1. The van der Waals surface area contributed by atoms with Gasteiger partial charge in [0, 0.05) is 12.1 Å². The summed E-state index contributed by atoms with van der Waals surface area (Å²) in [5.74, 6) is 0. The number of hydrogen-bond donors (Lipinski definition) is 2. The first-order chi connectivity index (χ1) is 7.22. The van der Waals surface area contributed by atoms with Gasteiger partial charge in [0.25, 0.3) is 0 Å². The molecule has 15 heavy (non-hydrogen) atoms. The van der Waals surface area contributed by atoms with Crippen molar-refractivity contribution in [3.8, 4) is 0 Å². The Kier molecular flexibility index (Phi) is 6.26. The second kappa shape index (κ2) is 7.24. The minimum atomic E-state index is -0.0658. The van der Waals surface area contributed by atoms with E-state index in [2.05, 4.69) is 19.2 Å². The Bertz CT molecular complexity index is 161. The Labute approximate surface area is 94.5 Å². The summed E-state index contributed by atoms with van der Waals surface area (Å²) < 4.78 is 0. The number of hydrogen-bond acceptors (Lipinski definition) is 2. The summed E-state index contributed by atoms with van der Waals surface area (Å²) in [6.45, 7) is 4.44. The van der Waals surface area contributed by atoms with Crippen molar-refractivity contribution in [3.63, 3.8) is 0 Å². The normalized spacial score (nSPS) is 29.0. The van der Waals surface area contributed by atoms with Gasteiger partial charge in [-0.1, -0.05) is 26.2 Å². The van der Waals surface area contributed by atoms with Gasteiger partial charge in [-0.2, -0.15) is 0 Å². The Morgan fingerprint density at radius 2 is 2.13 bits per heavy atom.